The molecule has 10 nitrogen and oxygen atoms in total. The lowest BCUT2D eigenvalue weighted by Gasteiger charge is -2.32. The molecule has 10 heteroatoms. The Labute approximate surface area is 173 Å². The zero-order valence-corrected chi connectivity index (χ0v) is 16.5. The van der Waals surface area contributed by atoms with Crippen LogP contribution in [0, 0.1) is 0 Å². The van der Waals surface area contributed by atoms with E-state index in [1.807, 2.05) is 12.2 Å². The van der Waals surface area contributed by atoms with Gasteiger partial charge in [0, 0.05) is 18.8 Å². The van der Waals surface area contributed by atoms with Crippen molar-refractivity contribution in [3.63, 3.8) is 0 Å². The van der Waals surface area contributed by atoms with Crippen LogP contribution in [0.15, 0.2) is 41.5 Å². The van der Waals surface area contributed by atoms with Gasteiger partial charge in [0.2, 0.25) is 11.8 Å². The Morgan fingerprint density at radius 3 is 2.87 bits per heavy atom. The first-order valence-electron chi connectivity index (χ1n) is 9.55. The highest BCUT2D eigenvalue weighted by Gasteiger charge is 2.34. The number of nitrogens with zero attached hydrogens (tertiary/aromatic N) is 5. The maximum atomic E-state index is 13.2. The molecule has 2 N–H and O–H groups in total. The van der Waals surface area contributed by atoms with Crippen LogP contribution in [0.2, 0.25) is 0 Å². The van der Waals surface area contributed by atoms with Crippen LogP contribution in [0.4, 0.5) is 0 Å². The number of morpholine rings is 1. The van der Waals surface area contributed by atoms with Gasteiger partial charge in [0.25, 0.3) is 5.91 Å². The van der Waals surface area contributed by atoms with E-state index in [2.05, 4.69) is 15.1 Å². The Morgan fingerprint density at radius 1 is 1.33 bits per heavy atom. The number of hydrogen-bond donors (Lipinski definition) is 1. The van der Waals surface area contributed by atoms with Crippen molar-refractivity contribution in [2.24, 2.45) is 10.7 Å². The first-order valence-corrected chi connectivity index (χ1v) is 9.55. The normalized spacial score (nSPS) is 20.9. The number of carbonyl (C=O) groups excluding carboxylic acids is 2. The third-order valence-corrected chi connectivity index (χ3v) is 5.04. The molecule has 2 aromatic rings. The number of methoxy groups -OCH3 is 1. The monoisotopic (exact) mass is 410 g/mol. The molecular formula is C20H22N6O4. The lowest BCUT2D eigenvalue weighted by molar-refractivity contribution is -0.127. The molecule has 0 radical (unpaired) electrons. The van der Waals surface area contributed by atoms with E-state index in [-0.39, 0.29) is 30.8 Å². The molecule has 0 aliphatic carbocycles. The Morgan fingerprint density at radius 2 is 2.20 bits per heavy atom. The molecular weight excluding hydrogens is 388 g/mol. The standard InChI is InChI=1S/C20H22N6O4/c1-29-18-6-5-13(11-23-18)26-16(14-4-2-3-7-22-14)10-15(24-26)20(28)25-8-9-30-12-17(25)19(21)27/h2-3,5-7,10-11,14,17H,4,8-9,12H2,1H3,(H2,21,27)/t14?,17-/m0/s1. The number of pyridine rings is 1. The molecule has 1 saturated heterocycles. The number of rotatable bonds is 5. The number of aromatic nitrogens is 3. The van der Waals surface area contributed by atoms with E-state index < -0.39 is 11.9 Å². The second kappa shape index (κ2) is 8.46. The molecule has 4 rings (SSSR count). The van der Waals surface area contributed by atoms with Crippen LogP contribution >= 0.6 is 0 Å². The summed E-state index contributed by atoms with van der Waals surface area (Å²) in [6, 6.07) is 4.22. The zero-order valence-electron chi connectivity index (χ0n) is 16.5. The smallest absolute Gasteiger partial charge is 0.275 e. The van der Waals surface area contributed by atoms with Crippen molar-refractivity contribution in [3.05, 3.63) is 47.9 Å². The van der Waals surface area contributed by atoms with Crippen molar-refractivity contribution >= 4 is 18.0 Å². The highest BCUT2D eigenvalue weighted by Crippen LogP contribution is 2.28. The van der Waals surface area contributed by atoms with E-state index in [1.54, 1.807) is 42.4 Å². The van der Waals surface area contributed by atoms with E-state index >= 15 is 0 Å². The molecule has 1 fully saturated rings. The minimum Gasteiger partial charge on any atom is -0.481 e. The minimum atomic E-state index is -0.821. The zero-order chi connectivity index (χ0) is 21.1. The molecule has 0 bridgehead atoms. The molecule has 2 atom stereocenters. The summed E-state index contributed by atoms with van der Waals surface area (Å²) in [6.07, 6.45) is 7.91. The first-order chi connectivity index (χ1) is 14.6. The van der Waals surface area contributed by atoms with Crippen molar-refractivity contribution in [2.75, 3.05) is 26.9 Å². The predicted molar refractivity (Wildman–Crippen MR) is 108 cm³/mol. The van der Waals surface area contributed by atoms with Crippen LogP contribution in [-0.2, 0) is 9.53 Å². The summed E-state index contributed by atoms with van der Waals surface area (Å²) >= 11 is 0. The van der Waals surface area contributed by atoms with Crippen molar-refractivity contribution in [1.82, 2.24) is 19.7 Å². The fourth-order valence-corrected chi connectivity index (χ4v) is 3.47. The van der Waals surface area contributed by atoms with Gasteiger partial charge in [-0.2, -0.15) is 5.10 Å². The molecule has 2 aromatic heterocycles. The van der Waals surface area contributed by atoms with Gasteiger partial charge < -0.3 is 20.1 Å². The van der Waals surface area contributed by atoms with Gasteiger partial charge in [-0.05, 0) is 24.6 Å². The molecule has 30 heavy (non-hydrogen) atoms. The fourth-order valence-electron chi connectivity index (χ4n) is 3.47. The highest BCUT2D eigenvalue weighted by molar-refractivity contribution is 5.96. The molecule has 0 aromatic carbocycles. The quantitative estimate of drug-likeness (QED) is 0.773. The number of nitrogens with two attached hydrogens (primary N) is 1. The van der Waals surface area contributed by atoms with Crippen molar-refractivity contribution < 1.29 is 19.1 Å². The van der Waals surface area contributed by atoms with E-state index in [4.69, 9.17) is 15.2 Å². The van der Waals surface area contributed by atoms with Gasteiger partial charge in [-0.25, -0.2) is 9.67 Å². The maximum Gasteiger partial charge on any atom is 0.275 e. The Bertz CT molecular complexity index is 997. The predicted octanol–water partition coefficient (Wildman–Crippen LogP) is 0.674. The van der Waals surface area contributed by atoms with Crippen molar-refractivity contribution in [2.45, 2.75) is 18.5 Å². The van der Waals surface area contributed by atoms with E-state index in [1.165, 1.54) is 4.90 Å². The largest absolute Gasteiger partial charge is 0.481 e. The number of hydrogen-bond acceptors (Lipinski definition) is 7. The number of ether oxygens (including phenoxy) is 2. The summed E-state index contributed by atoms with van der Waals surface area (Å²) in [5.41, 5.74) is 7.08. The molecule has 0 saturated carbocycles. The summed E-state index contributed by atoms with van der Waals surface area (Å²) in [4.78, 5) is 35.1. The summed E-state index contributed by atoms with van der Waals surface area (Å²) in [6.45, 7) is 0.682. The minimum absolute atomic E-state index is 0.0781. The van der Waals surface area contributed by atoms with E-state index in [9.17, 15) is 9.59 Å². The molecule has 1 unspecified atom stereocenters. The highest BCUT2D eigenvalue weighted by atomic mass is 16.5. The van der Waals surface area contributed by atoms with Gasteiger partial charge in [0.05, 0.1) is 43.9 Å². The molecule has 2 amide bonds. The molecule has 4 heterocycles. The topological polar surface area (TPSA) is 125 Å². The number of carbonyl (C=O) groups is 2. The summed E-state index contributed by atoms with van der Waals surface area (Å²) in [7, 11) is 1.54. The SMILES string of the molecule is COc1ccc(-n2nc(C(=O)N3CCOC[C@H]3C(N)=O)cc2C2CC=CC=N2)cn1. The van der Waals surface area contributed by atoms with Crippen molar-refractivity contribution in [3.8, 4) is 11.6 Å². The molecule has 0 spiro atoms. The fraction of sp³-hybridized carbons (Fsp3) is 0.350. The summed E-state index contributed by atoms with van der Waals surface area (Å²) in [5.74, 6) is -0.511. The number of aliphatic imine (C=N–C) groups is 1. The van der Waals surface area contributed by atoms with Gasteiger partial charge >= 0.3 is 0 Å². The lowest BCUT2D eigenvalue weighted by atomic mass is 10.1. The third kappa shape index (κ3) is 3.81. The van der Waals surface area contributed by atoms with Gasteiger partial charge in [-0.3, -0.25) is 14.6 Å². The van der Waals surface area contributed by atoms with Gasteiger partial charge in [0.15, 0.2) is 5.69 Å². The van der Waals surface area contributed by atoms with Gasteiger partial charge in [-0.1, -0.05) is 6.08 Å². The number of dihydropyridines is 1. The van der Waals surface area contributed by atoms with Crippen LogP contribution in [0.3, 0.4) is 0 Å². The van der Waals surface area contributed by atoms with Crippen LogP contribution < -0.4 is 10.5 Å². The Hall–Kier alpha value is -3.53. The van der Waals surface area contributed by atoms with Crippen molar-refractivity contribution in [1.29, 1.82) is 0 Å². The second-order valence-corrected chi connectivity index (χ2v) is 6.89. The average molecular weight is 410 g/mol. The average Bonchev–Trinajstić information content (AvgIpc) is 3.24. The maximum absolute atomic E-state index is 13.2. The number of amides is 2. The van der Waals surface area contributed by atoms with Crippen LogP contribution in [0.25, 0.3) is 5.69 Å². The van der Waals surface area contributed by atoms with Gasteiger partial charge in [-0.15, -0.1) is 0 Å². The van der Waals surface area contributed by atoms with Crippen LogP contribution in [0.5, 0.6) is 5.88 Å². The van der Waals surface area contributed by atoms with E-state index in [0.717, 1.165) is 5.69 Å². The van der Waals surface area contributed by atoms with Crippen LogP contribution in [0.1, 0.15) is 28.6 Å². The lowest BCUT2D eigenvalue weighted by Crippen LogP contribution is -2.54. The number of primary amides is 1. The Kier molecular flexibility index (Phi) is 5.57. The molecule has 156 valence electrons. The number of allylic oxidation sites excluding steroid dienone is 1. The third-order valence-electron chi connectivity index (χ3n) is 5.04. The Balaban J connectivity index is 1.72. The second-order valence-electron chi connectivity index (χ2n) is 6.89. The van der Waals surface area contributed by atoms with Crippen LogP contribution in [-0.4, -0.2) is 70.6 Å². The van der Waals surface area contributed by atoms with E-state index in [0.29, 0.717) is 24.6 Å². The first kappa shape index (κ1) is 19.8. The summed E-state index contributed by atoms with van der Waals surface area (Å²) < 4.78 is 12.1. The van der Waals surface area contributed by atoms with Gasteiger partial charge in [0.1, 0.15) is 6.04 Å². The molecule has 2 aliphatic rings. The summed E-state index contributed by atoms with van der Waals surface area (Å²) in [5, 5.41) is 4.53. The molecule has 2 aliphatic heterocycles.